The van der Waals surface area contributed by atoms with Crippen LogP contribution in [0.2, 0.25) is 0 Å². The molecule has 0 radical (unpaired) electrons. The van der Waals surface area contributed by atoms with Gasteiger partial charge in [-0.05, 0) is 125 Å². The molecule has 2 saturated heterocycles. The van der Waals surface area contributed by atoms with Crippen molar-refractivity contribution in [3.05, 3.63) is 203 Å². The minimum atomic E-state index is -0.717. The number of hydrogen-bond acceptors (Lipinski definition) is 10. The van der Waals surface area contributed by atoms with Gasteiger partial charge in [0.1, 0.15) is 12.1 Å². The Balaban J connectivity index is 0.00000338. The van der Waals surface area contributed by atoms with Crippen molar-refractivity contribution in [3.63, 3.8) is 0 Å². The number of amides is 8. The van der Waals surface area contributed by atoms with Crippen molar-refractivity contribution in [1.82, 2.24) is 0 Å². The summed E-state index contributed by atoms with van der Waals surface area (Å²) in [6.07, 6.45) is 6.81. The summed E-state index contributed by atoms with van der Waals surface area (Å²) >= 11 is 0. The van der Waals surface area contributed by atoms with Crippen LogP contribution in [0.25, 0.3) is 0 Å². The first kappa shape index (κ1) is 43.8. The van der Waals surface area contributed by atoms with Crippen LogP contribution >= 0.6 is 0 Å². The van der Waals surface area contributed by atoms with Gasteiger partial charge in [-0.25, -0.2) is 19.6 Å². The molecule has 344 valence electrons. The van der Waals surface area contributed by atoms with Crippen LogP contribution in [-0.4, -0.2) is 59.3 Å². The monoisotopic (exact) mass is 918 g/mol. The van der Waals surface area contributed by atoms with Gasteiger partial charge < -0.3 is 10.6 Å². The predicted octanol–water partition coefficient (Wildman–Crippen LogP) is 7.30. The molecule has 6 aromatic rings. The minimum absolute atomic E-state index is 0. The van der Waals surface area contributed by atoms with E-state index in [0.717, 1.165) is 43.2 Å². The van der Waals surface area contributed by atoms with E-state index in [1.165, 1.54) is 34.1 Å². The van der Waals surface area contributed by atoms with E-state index in [1.54, 1.807) is 48.5 Å². The molecule has 2 fully saturated rings. The predicted molar refractivity (Wildman–Crippen MR) is 264 cm³/mol. The van der Waals surface area contributed by atoms with E-state index in [2.05, 4.69) is 10.6 Å². The Morgan fingerprint density at radius 3 is 0.826 bits per heavy atom. The zero-order valence-corrected chi connectivity index (χ0v) is 36.9. The number of hydrogen-bond donors (Lipinski definition) is 2. The van der Waals surface area contributed by atoms with Gasteiger partial charge in [0.25, 0.3) is 35.4 Å². The zero-order chi connectivity index (χ0) is 47.8. The maximum Gasteiger partial charge on any atom is 0.258 e. The number of rotatable bonds is 14. The molecular weight excluding hydrogens is 873 g/mol. The van der Waals surface area contributed by atoms with Gasteiger partial charge in [-0.1, -0.05) is 72.8 Å². The number of benzene rings is 6. The molecule has 14 nitrogen and oxygen atoms in total. The Morgan fingerprint density at radius 1 is 0.333 bits per heavy atom. The summed E-state index contributed by atoms with van der Waals surface area (Å²) in [7, 11) is 0. The Bertz CT molecular complexity index is 2890. The van der Waals surface area contributed by atoms with Crippen LogP contribution in [-0.2, 0) is 57.6 Å². The summed E-state index contributed by atoms with van der Waals surface area (Å²) in [6, 6.07) is 42.8. The molecule has 0 aliphatic carbocycles. The van der Waals surface area contributed by atoms with Crippen molar-refractivity contribution >= 4 is 81.4 Å². The van der Waals surface area contributed by atoms with Crippen molar-refractivity contribution in [1.29, 1.82) is 0 Å². The molecule has 4 heterocycles. The maximum atomic E-state index is 13.5. The fraction of sp³-hybridized carbons (Fsp3) is 0.127. The van der Waals surface area contributed by atoms with Crippen LogP contribution in [0.3, 0.4) is 0 Å². The zero-order valence-electron chi connectivity index (χ0n) is 36.9. The Labute approximate surface area is 399 Å². The van der Waals surface area contributed by atoms with E-state index in [4.69, 9.17) is 0 Å². The smallest absolute Gasteiger partial charge is 0.258 e. The van der Waals surface area contributed by atoms with Crippen LogP contribution in [0.1, 0.15) is 49.1 Å². The lowest BCUT2D eigenvalue weighted by molar-refractivity contribution is -0.123. The lowest BCUT2D eigenvalue weighted by atomic mass is 10.0. The Hall–Kier alpha value is -9.04. The van der Waals surface area contributed by atoms with Crippen molar-refractivity contribution in [2.24, 2.45) is 0 Å². The van der Waals surface area contributed by atoms with Gasteiger partial charge in [-0.15, -0.1) is 0 Å². The van der Waals surface area contributed by atoms with Gasteiger partial charge in [0.2, 0.25) is 11.8 Å². The van der Waals surface area contributed by atoms with Crippen LogP contribution in [0.15, 0.2) is 170 Å². The molecule has 2 N–H and O–H groups in total. The molecule has 4 aliphatic heterocycles. The SMILES string of the molecule is O=C1C=CC(=O)N1c1ccc(Cc2ccc(N3C(=O)CC(Nc4ccc(Cc5ccc(NC6CC(=O)N(c7ccc(Cc8ccc(N9C(=O)C=CC9=O)cc8)cc7)C6=O)cc5)cc4)C3=O)cc2)cc1.[HH].[HH]. The van der Waals surface area contributed by atoms with E-state index in [-0.39, 0.29) is 63.0 Å². The van der Waals surface area contributed by atoms with Crippen molar-refractivity contribution < 1.29 is 41.2 Å². The molecule has 0 spiro atoms. The largest absolute Gasteiger partial charge is 0.373 e. The van der Waals surface area contributed by atoms with Crippen LogP contribution in [0.5, 0.6) is 0 Å². The Morgan fingerprint density at radius 2 is 0.565 bits per heavy atom. The second-order valence-corrected chi connectivity index (χ2v) is 17.2. The summed E-state index contributed by atoms with van der Waals surface area (Å²) in [5.74, 6) is -2.74. The molecule has 14 heteroatoms. The molecule has 69 heavy (non-hydrogen) atoms. The molecular formula is C55H46N6O8. The topological polar surface area (TPSA) is 174 Å². The molecule has 4 aliphatic rings. The van der Waals surface area contributed by atoms with Gasteiger partial charge in [-0.3, -0.25) is 38.4 Å². The molecule has 10 rings (SSSR count). The van der Waals surface area contributed by atoms with Crippen molar-refractivity contribution in [2.45, 2.75) is 44.2 Å². The van der Waals surface area contributed by atoms with E-state index in [0.29, 0.717) is 53.4 Å². The second kappa shape index (κ2) is 18.3. The maximum absolute atomic E-state index is 13.5. The van der Waals surface area contributed by atoms with Crippen LogP contribution in [0.4, 0.5) is 34.1 Å². The number of anilines is 6. The quantitative estimate of drug-likeness (QED) is 0.106. The Kier molecular flexibility index (Phi) is 11.6. The van der Waals surface area contributed by atoms with Gasteiger partial charge in [-0.2, -0.15) is 0 Å². The highest BCUT2D eigenvalue weighted by atomic mass is 16.2. The van der Waals surface area contributed by atoms with Crippen molar-refractivity contribution in [3.8, 4) is 0 Å². The highest BCUT2D eigenvalue weighted by Gasteiger charge is 2.41. The number of nitrogens with zero attached hydrogens (tertiary/aromatic N) is 4. The summed E-state index contributed by atoms with van der Waals surface area (Å²) in [6.45, 7) is 0. The third-order valence-electron chi connectivity index (χ3n) is 12.5. The average molecular weight is 919 g/mol. The molecule has 2 unspecified atom stereocenters. The number of carbonyl (C=O) groups is 8. The van der Waals surface area contributed by atoms with E-state index in [1.807, 2.05) is 97.1 Å². The summed E-state index contributed by atoms with van der Waals surface area (Å²) in [5, 5.41) is 6.45. The summed E-state index contributed by atoms with van der Waals surface area (Å²) < 4.78 is 0. The van der Waals surface area contributed by atoms with Gasteiger partial charge in [0.05, 0.1) is 35.6 Å². The van der Waals surface area contributed by atoms with E-state index in [9.17, 15) is 38.4 Å². The van der Waals surface area contributed by atoms with E-state index < -0.39 is 12.1 Å². The lowest BCUT2D eigenvalue weighted by Crippen LogP contribution is -2.34. The molecule has 0 saturated carbocycles. The first-order valence-corrected chi connectivity index (χ1v) is 22.4. The summed E-state index contributed by atoms with van der Waals surface area (Å²) in [4.78, 5) is 106. The first-order valence-electron chi connectivity index (χ1n) is 22.4. The lowest BCUT2D eigenvalue weighted by Gasteiger charge is -2.17. The van der Waals surface area contributed by atoms with Gasteiger partial charge in [0, 0.05) is 38.5 Å². The first-order chi connectivity index (χ1) is 33.4. The standard InChI is InChI=1S/C55H42N6O8.2H2/c62-48-25-26-49(63)58(48)42-17-5-36(6-18-42)30-38-9-21-44(22-10-38)60-52(66)32-46(54(60)68)56-40-13-1-34(2-14-40)29-35-3-15-41(16-4-35)57-47-33-53(67)61(55(47)69)45-23-11-39(12-24-45)31-37-7-19-43(20-8-37)59-50(64)27-28-51(59)65;;/h1-28,46-47,56-57H,29-33H2;2*1H. The van der Waals surface area contributed by atoms with Gasteiger partial charge >= 0.3 is 0 Å². The molecule has 2 atom stereocenters. The highest BCUT2D eigenvalue weighted by molar-refractivity contribution is 6.29. The fourth-order valence-corrected chi connectivity index (χ4v) is 8.94. The minimum Gasteiger partial charge on any atom is -0.373 e. The van der Waals surface area contributed by atoms with Crippen LogP contribution < -0.4 is 30.2 Å². The number of nitrogens with one attached hydrogen (secondary N) is 2. The van der Waals surface area contributed by atoms with Crippen LogP contribution in [0, 0.1) is 0 Å². The molecule has 0 bridgehead atoms. The van der Waals surface area contributed by atoms with Gasteiger partial charge in [0.15, 0.2) is 0 Å². The number of carbonyl (C=O) groups excluding carboxylic acids is 8. The average Bonchev–Trinajstić information content (AvgIpc) is 4.05. The molecule has 6 aromatic carbocycles. The third-order valence-corrected chi connectivity index (χ3v) is 12.5. The van der Waals surface area contributed by atoms with Crippen molar-refractivity contribution in [2.75, 3.05) is 30.2 Å². The normalized spacial score (nSPS) is 17.9. The van der Waals surface area contributed by atoms with E-state index >= 15 is 0 Å². The number of imide groups is 4. The highest BCUT2D eigenvalue weighted by Crippen LogP contribution is 2.30. The molecule has 0 aromatic heterocycles. The molecule has 8 amide bonds. The third kappa shape index (κ3) is 9.10. The summed E-state index contributed by atoms with van der Waals surface area (Å²) in [5.41, 5.74) is 9.33. The fourth-order valence-electron chi connectivity index (χ4n) is 8.94. The second-order valence-electron chi connectivity index (χ2n) is 17.2.